The average molecular weight is 211 g/mol. The van der Waals surface area contributed by atoms with E-state index in [1.165, 1.54) is 22.3 Å². The van der Waals surface area contributed by atoms with E-state index in [0.717, 1.165) is 11.4 Å². The Labute approximate surface area is 97.2 Å². The standard InChI is InChI=1S/C15H17N/c1-10-6-5-7-14(8-10)15-9-11(2)12(3)13(4)16-15/h5-9H,1-4H3. The lowest BCUT2D eigenvalue weighted by molar-refractivity contribution is 1.12. The summed E-state index contributed by atoms with van der Waals surface area (Å²) in [6, 6.07) is 10.6. The van der Waals surface area contributed by atoms with Crippen LogP contribution in [-0.4, -0.2) is 4.98 Å². The largest absolute Gasteiger partial charge is 0.253 e. The Balaban J connectivity index is 2.57. The molecule has 0 aliphatic heterocycles. The van der Waals surface area contributed by atoms with Crippen LogP contribution in [0.5, 0.6) is 0 Å². The van der Waals surface area contributed by atoms with Crippen LogP contribution < -0.4 is 0 Å². The summed E-state index contributed by atoms with van der Waals surface area (Å²) in [6.45, 7) is 8.44. The van der Waals surface area contributed by atoms with Crippen molar-refractivity contribution in [3.05, 3.63) is 52.7 Å². The van der Waals surface area contributed by atoms with Gasteiger partial charge in [-0.05, 0) is 51.0 Å². The molecule has 1 heterocycles. The fourth-order valence-corrected chi connectivity index (χ4v) is 1.85. The zero-order chi connectivity index (χ0) is 11.7. The third kappa shape index (κ3) is 1.99. The van der Waals surface area contributed by atoms with E-state index in [1.807, 2.05) is 0 Å². The van der Waals surface area contributed by atoms with Crippen molar-refractivity contribution in [1.82, 2.24) is 4.98 Å². The van der Waals surface area contributed by atoms with Gasteiger partial charge in [0.25, 0.3) is 0 Å². The second kappa shape index (κ2) is 4.09. The molecule has 0 fully saturated rings. The van der Waals surface area contributed by atoms with Crippen molar-refractivity contribution in [3.8, 4) is 11.3 Å². The average Bonchev–Trinajstić information content (AvgIpc) is 2.25. The molecule has 0 unspecified atom stereocenters. The topological polar surface area (TPSA) is 12.9 Å². The van der Waals surface area contributed by atoms with Crippen LogP contribution in [0.1, 0.15) is 22.4 Å². The van der Waals surface area contributed by atoms with Crippen molar-refractivity contribution in [2.75, 3.05) is 0 Å². The Bertz CT molecular complexity index is 504. The molecule has 1 heteroatoms. The zero-order valence-corrected chi connectivity index (χ0v) is 10.3. The summed E-state index contributed by atoms with van der Waals surface area (Å²) < 4.78 is 0. The van der Waals surface area contributed by atoms with Crippen molar-refractivity contribution >= 4 is 0 Å². The number of aryl methyl sites for hydroxylation is 3. The molecular weight excluding hydrogens is 194 g/mol. The van der Waals surface area contributed by atoms with Crippen LogP contribution in [-0.2, 0) is 0 Å². The predicted molar refractivity (Wildman–Crippen MR) is 68.6 cm³/mol. The third-order valence-corrected chi connectivity index (χ3v) is 3.09. The lowest BCUT2D eigenvalue weighted by atomic mass is 10.0. The van der Waals surface area contributed by atoms with E-state index in [9.17, 15) is 0 Å². The van der Waals surface area contributed by atoms with Crippen LogP contribution in [0.2, 0.25) is 0 Å². The Hall–Kier alpha value is -1.63. The van der Waals surface area contributed by atoms with Gasteiger partial charge in [-0.1, -0.05) is 23.8 Å². The van der Waals surface area contributed by atoms with Crippen molar-refractivity contribution in [2.45, 2.75) is 27.7 Å². The van der Waals surface area contributed by atoms with Gasteiger partial charge in [-0.15, -0.1) is 0 Å². The molecule has 1 aromatic carbocycles. The molecule has 0 amide bonds. The van der Waals surface area contributed by atoms with Gasteiger partial charge in [-0.3, -0.25) is 4.98 Å². The van der Waals surface area contributed by atoms with Gasteiger partial charge in [0.05, 0.1) is 5.69 Å². The van der Waals surface area contributed by atoms with E-state index in [1.54, 1.807) is 0 Å². The number of rotatable bonds is 1. The van der Waals surface area contributed by atoms with Crippen molar-refractivity contribution in [1.29, 1.82) is 0 Å². The molecule has 1 aromatic heterocycles. The molecule has 2 rings (SSSR count). The van der Waals surface area contributed by atoms with Crippen LogP contribution in [0.3, 0.4) is 0 Å². The van der Waals surface area contributed by atoms with Crippen LogP contribution in [0.25, 0.3) is 11.3 Å². The summed E-state index contributed by atoms with van der Waals surface area (Å²) in [5, 5.41) is 0. The van der Waals surface area contributed by atoms with Gasteiger partial charge in [-0.2, -0.15) is 0 Å². The molecule has 0 radical (unpaired) electrons. The first-order valence-electron chi connectivity index (χ1n) is 5.60. The molecular formula is C15H17N. The molecule has 16 heavy (non-hydrogen) atoms. The first kappa shape index (κ1) is 10.9. The first-order valence-corrected chi connectivity index (χ1v) is 5.60. The molecule has 0 spiro atoms. The van der Waals surface area contributed by atoms with E-state index >= 15 is 0 Å². The SMILES string of the molecule is Cc1cccc(-c2cc(C)c(C)c(C)n2)c1. The van der Waals surface area contributed by atoms with Crippen molar-refractivity contribution < 1.29 is 0 Å². The summed E-state index contributed by atoms with van der Waals surface area (Å²) >= 11 is 0. The zero-order valence-electron chi connectivity index (χ0n) is 10.3. The minimum atomic E-state index is 1.07. The second-order valence-corrected chi connectivity index (χ2v) is 4.40. The number of hydrogen-bond acceptors (Lipinski definition) is 1. The maximum absolute atomic E-state index is 4.64. The van der Waals surface area contributed by atoms with Gasteiger partial charge < -0.3 is 0 Å². The third-order valence-electron chi connectivity index (χ3n) is 3.09. The first-order chi connectivity index (χ1) is 7.58. The Kier molecular flexibility index (Phi) is 2.78. The highest BCUT2D eigenvalue weighted by Gasteiger charge is 2.04. The highest BCUT2D eigenvalue weighted by Crippen LogP contribution is 2.22. The van der Waals surface area contributed by atoms with Crippen molar-refractivity contribution in [3.63, 3.8) is 0 Å². The summed E-state index contributed by atoms with van der Waals surface area (Å²) in [5.41, 5.74) is 7.27. The lowest BCUT2D eigenvalue weighted by Gasteiger charge is -2.08. The van der Waals surface area contributed by atoms with Gasteiger partial charge in [0.15, 0.2) is 0 Å². The molecule has 1 nitrogen and oxygen atoms in total. The number of nitrogens with zero attached hydrogens (tertiary/aromatic N) is 1. The Morgan fingerprint density at radius 1 is 0.938 bits per heavy atom. The smallest absolute Gasteiger partial charge is 0.0708 e. The monoisotopic (exact) mass is 211 g/mol. The van der Waals surface area contributed by atoms with E-state index < -0.39 is 0 Å². The number of hydrogen-bond donors (Lipinski definition) is 0. The molecule has 0 saturated heterocycles. The van der Waals surface area contributed by atoms with Gasteiger partial charge in [0.1, 0.15) is 0 Å². The minimum Gasteiger partial charge on any atom is -0.253 e. The molecule has 82 valence electrons. The molecule has 0 bridgehead atoms. The van der Waals surface area contributed by atoms with Gasteiger partial charge in [0.2, 0.25) is 0 Å². The van der Waals surface area contributed by atoms with Crippen LogP contribution in [0.4, 0.5) is 0 Å². The molecule has 0 saturated carbocycles. The van der Waals surface area contributed by atoms with Crippen molar-refractivity contribution in [2.24, 2.45) is 0 Å². The van der Waals surface area contributed by atoms with E-state index in [2.05, 4.69) is 63.0 Å². The molecule has 0 N–H and O–H groups in total. The number of benzene rings is 1. The fourth-order valence-electron chi connectivity index (χ4n) is 1.85. The maximum atomic E-state index is 4.64. The fraction of sp³-hybridized carbons (Fsp3) is 0.267. The summed E-state index contributed by atoms with van der Waals surface area (Å²) in [6.07, 6.45) is 0. The summed E-state index contributed by atoms with van der Waals surface area (Å²) in [7, 11) is 0. The quantitative estimate of drug-likeness (QED) is 0.695. The predicted octanol–water partition coefficient (Wildman–Crippen LogP) is 3.98. The molecule has 0 aliphatic carbocycles. The van der Waals surface area contributed by atoms with Crippen LogP contribution >= 0.6 is 0 Å². The molecule has 2 aromatic rings. The maximum Gasteiger partial charge on any atom is 0.0708 e. The van der Waals surface area contributed by atoms with E-state index in [4.69, 9.17) is 0 Å². The molecule has 0 atom stereocenters. The highest BCUT2D eigenvalue weighted by molar-refractivity contribution is 5.61. The lowest BCUT2D eigenvalue weighted by Crippen LogP contribution is -1.94. The minimum absolute atomic E-state index is 1.07. The Morgan fingerprint density at radius 3 is 2.31 bits per heavy atom. The van der Waals surface area contributed by atoms with Crippen LogP contribution in [0, 0.1) is 27.7 Å². The second-order valence-electron chi connectivity index (χ2n) is 4.40. The highest BCUT2D eigenvalue weighted by atomic mass is 14.7. The summed E-state index contributed by atoms with van der Waals surface area (Å²) in [4.78, 5) is 4.64. The van der Waals surface area contributed by atoms with E-state index in [-0.39, 0.29) is 0 Å². The summed E-state index contributed by atoms with van der Waals surface area (Å²) in [5.74, 6) is 0. The normalized spacial score (nSPS) is 10.5. The van der Waals surface area contributed by atoms with Gasteiger partial charge >= 0.3 is 0 Å². The number of pyridine rings is 1. The van der Waals surface area contributed by atoms with Crippen LogP contribution in [0.15, 0.2) is 30.3 Å². The van der Waals surface area contributed by atoms with Gasteiger partial charge in [-0.25, -0.2) is 0 Å². The molecule has 0 aliphatic rings. The number of aromatic nitrogens is 1. The van der Waals surface area contributed by atoms with E-state index in [0.29, 0.717) is 0 Å². The Morgan fingerprint density at radius 2 is 1.69 bits per heavy atom. The van der Waals surface area contributed by atoms with Gasteiger partial charge in [0, 0.05) is 11.3 Å².